The Balaban J connectivity index is 1.96. The van der Waals surface area contributed by atoms with E-state index in [1.807, 2.05) is 0 Å². The van der Waals surface area contributed by atoms with Crippen LogP contribution in [0.15, 0.2) is 12.4 Å². The Hall–Kier alpha value is -1.36. The van der Waals surface area contributed by atoms with E-state index in [0.29, 0.717) is 5.82 Å². The van der Waals surface area contributed by atoms with Crippen LogP contribution < -0.4 is 10.6 Å². The van der Waals surface area contributed by atoms with E-state index < -0.39 is 0 Å². The molecule has 5 nitrogen and oxygen atoms in total. The molecule has 1 aromatic heterocycles. The molecule has 0 bridgehead atoms. The number of anilines is 2. The van der Waals surface area contributed by atoms with Crippen molar-refractivity contribution in [1.29, 1.82) is 0 Å². The van der Waals surface area contributed by atoms with Gasteiger partial charge in [-0.1, -0.05) is 13.8 Å². The van der Waals surface area contributed by atoms with Crippen LogP contribution in [0.1, 0.15) is 20.3 Å². The lowest BCUT2D eigenvalue weighted by atomic mass is 10.2. The van der Waals surface area contributed by atoms with Gasteiger partial charge in [-0.15, -0.1) is 0 Å². The molecule has 2 heterocycles. The summed E-state index contributed by atoms with van der Waals surface area (Å²) in [6, 6.07) is 0. The highest BCUT2D eigenvalue weighted by molar-refractivity contribution is 5.41. The van der Waals surface area contributed by atoms with Gasteiger partial charge in [0.15, 0.2) is 0 Å². The van der Waals surface area contributed by atoms with Crippen molar-refractivity contribution in [3.63, 3.8) is 0 Å². The number of hydrogen-bond donors (Lipinski definition) is 1. The SMILES string of the molecule is CC(C)CN1CCCN(c2cncc(N)n2)CC1. The van der Waals surface area contributed by atoms with Gasteiger partial charge in [0.25, 0.3) is 0 Å². The van der Waals surface area contributed by atoms with E-state index in [1.54, 1.807) is 12.4 Å². The summed E-state index contributed by atoms with van der Waals surface area (Å²) in [5, 5.41) is 0. The van der Waals surface area contributed by atoms with E-state index in [-0.39, 0.29) is 0 Å². The predicted octanol–water partition coefficient (Wildman–Crippen LogP) is 1.23. The zero-order chi connectivity index (χ0) is 13.0. The molecule has 5 heteroatoms. The van der Waals surface area contributed by atoms with Crippen molar-refractivity contribution in [2.45, 2.75) is 20.3 Å². The summed E-state index contributed by atoms with van der Waals surface area (Å²) in [7, 11) is 0. The minimum Gasteiger partial charge on any atom is -0.382 e. The standard InChI is InChI=1S/C13H23N5/c1-11(2)10-17-4-3-5-18(7-6-17)13-9-15-8-12(14)16-13/h8-9,11H,3-7,10H2,1-2H3,(H2,14,16). The predicted molar refractivity (Wildman–Crippen MR) is 74.6 cm³/mol. The zero-order valence-electron chi connectivity index (χ0n) is 11.3. The van der Waals surface area contributed by atoms with Gasteiger partial charge in [-0.25, -0.2) is 4.98 Å². The van der Waals surface area contributed by atoms with Gasteiger partial charge in [0, 0.05) is 26.2 Å². The molecule has 2 N–H and O–H groups in total. The van der Waals surface area contributed by atoms with Crippen molar-refractivity contribution < 1.29 is 0 Å². The number of nitrogens with two attached hydrogens (primary N) is 1. The summed E-state index contributed by atoms with van der Waals surface area (Å²) in [5.74, 6) is 2.13. The van der Waals surface area contributed by atoms with E-state index >= 15 is 0 Å². The van der Waals surface area contributed by atoms with Crippen molar-refractivity contribution in [2.24, 2.45) is 5.92 Å². The Bertz CT molecular complexity index is 379. The topological polar surface area (TPSA) is 58.3 Å². The third kappa shape index (κ3) is 3.57. The van der Waals surface area contributed by atoms with Crippen LogP contribution in [-0.4, -0.2) is 47.6 Å². The number of aromatic nitrogens is 2. The molecule has 0 aromatic carbocycles. The summed E-state index contributed by atoms with van der Waals surface area (Å²) >= 11 is 0. The fraction of sp³-hybridized carbons (Fsp3) is 0.692. The van der Waals surface area contributed by atoms with Gasteiger partial charge in [-0.05, 0) is 18.9 Å². The Morgan fingerprint density at radius 2 is 2.06 bits per heavy atom. The first-order valence-corrected chi connectivity index (χ1v) is 6.70. The van der Waals surface area contributed by atoms with Gasteiger partial charge in [0.1, 0.15) is 11.6 Å². The van der Waals surface area contributed by atoms with Crippen LogP contribution in [0.3, 0.4) is 0 Å². The van der Waals surface area contributed by atoms with Gasteiger partial charge >= 0.3 is 0 Å². The molecule has 1 aliphatic heterocycles. The quantitative estimate of drug-likeness (QED) is 0.873. The molecule has 100 valence electrons. The van der Waals surface area contributed by atoms with Crippen LogP contribution in [0.4, 0.5) is 11.6 Å². The highest BCUT2D eigenvalue weighted by Gasteiger charge is 2.16. The lowest BCUT2D eigenvalue weighted by molar-refractivity contribution is 0.261. The molecule has 1 aromatic rings. The van der Waals surface area contributed by atoms with Gasteiger partial charge < -0.3 is 15.5 Å². The van der Waals surface area contributed by atoms with E-state index in [1.165, 1.54) is 19.5 Å². The van der Waals surface area contributed by atoms with E-state index in [0.717, 1.165) is 31.4 Å². The zero-order valence-corrected chi connectivity index (χ0v) is 11.3. The van der Waals surface area contributed by atoms with Crippen molar-refractivity contribution in [3.05, 3.63) is 12.4 Å². The van der Waals surface area contributed by atoms with E-state index in [9.17, 15) is 0 Å². The van der Waals surface area contributed by atoms with Gasteiger partial charge in [0.05, 0.1) is 12.4 Å². The third-order valence-corrected chi connectivity index (χ3v) is 3.18. The van der Waals surface area contributed by atoms with Crippen molar-refractivity contribution in [1.82, 2.24) is 14.9 Å². The molecule has 0 radical (unpaired) electrons. The van der Waals surface area contributed by atoms with Crippen LogP contribution in [0, 0.1) is 5.92 Å². The molecular weight excluding hydrogens is 226 g/mol. The minimum atomic E-state index is 0.496. The lowest BCUT2D eigenvalue weighted by Crippen LogP contribution is -2.33. The summed E-state index contributed by atoms with van der Waals surface area (Å²) in [6.45, 7) is 10.0. The molecule has 0 saturated carbocycles. The molecule has 1 aliphatic rings. The summed E-state index contributed by atoms with van der Waals surface area (Å²) in [6.07, 6.45) is 4.56. The molecular formula is C13H23N5. The first-order valence-electron chi connectivity index (χ1n) is 6.70. The van der Waals surface area contributed by atoms with E-state index in [2.05, 4.69) is 33.6 Å². The Morgan fingerprint density at radius 1 is 1.22 bits per heavy atom. The van der Waals surface area contributed by atoms with E-state index in [4.69, 9.17) is 5.73 Å². The summed E-state index contributed by atoms with van der Waals surface area (Å²) in [4.78, 5) is 13.3. The molecule has 0 amide bonds. The van der Waals surface area contributed by atoms with Crippen LogP contribution in [0.5, 0.6) is 0 Å². The Kier molecular flexibility index (Phi) is 4.36. The van der Waals surface area contributed by atoms with Crippen LogP contribution in [0.25, 0.3) is 0 Å². The average Bonchev–Trinajstić information content (AvgIpc) is 2.54. The van der Waals surface area contributed by atoms with Crippen LogP contribution in [0.2, 0.25) is 0 Å². The molecule has 0 spiro atoms. The van der Waals surface area contributed by atoms with Gasteiger partial charge in [-0.3, -0.25) is 4.98 Å². The molecule has 0 unspecified atom stereocenters. The Morgan fingerprint density at radius 3 is 2.78 bits per heavy atom. The number of hydrogen-bond acceptors (Lipinski definition) is 5. The van der Waals surface area contributed by atoms with Crippen LogP contribution >= 0.6 is 0 Å². The third-order valence-electron chi connectivity index (χ3n) is 3.18. The fourth-order valence-corrected chi connectivity index (χ4v) is 2.42. The van der Waals surface area contributed by atoms with Gasteiger partial charge in [0.2, 0.25) is 0 Å². The van der Waals surface area contributed by atoms with Crippen molar-refractivity contribution in [2.75, 3.05) is 43.4 Å². The maximum absolute atomic E-state index is 5.69. The Labute approximate surface area is 109 Å². The first kappa shape index (κ1) is 13.1. The molecule has 0 atom stereocenters. The summed E-state index contributed by atoms with van der Waals surface area (Å²) < 4.78 is 0. The largest absolute Gasteiger partial charge is 0.382 e. The maximum atomic E-state index is 5.69. The smallest absolute Gasteiger partial charge is 0.149 e. The highest BCUT2D eigenvalue weighted by atomic mass is 15.3. The van der Waals surface area contributed by atoms with Crippen molar-refractivity contribution >= 4 is 11.6 Å². The molecule has 18 heavy (non-hydrogen) atoms. The second-order valence-corrected chi connectivity index (χ2v) is 5.34. The monoisotopic (exact) mass is 249 g/mol. The highest BCUT2D eigenvalue weighted by Crippen LogP contribution is 2.14. The number of rotatable bonds is 3. The minimum absolute atomic E-state index is 0.496. The average molecular weight is 249 g/mol. The normalized spacial score (nSPS) is 18.1. The molecule has 1 fully saturated rings. The van der Waals surface area contributed by atoms with Crippen LogP contribution in [-0.2, 0) is 0 Å². The molecule has 1 saturated heterocycles. The second-order valence-electron chi connectivity index (χ2n) is 5.34. The van der Waals surface area contributed by atoms with Crippen molar-refractivity contribution in [3.8, 4) is 0 Å². The molecule has 0 aliphatic carbocycles. The lowest BCUT2D eigenvalue weighted by Gasteiger charge is -2.23. The first-order chi connectivity index (χ1) is 8.65. The molecule has 2 rings (SSSR count). The fourth-order valence-electron chi connectivity index (χ4n) is 2.42. The van der Waals surface area contributed by atoms with Gasteiger partial charge in [-0.2, -0.15) is 0 Å². The maximum Gasteiger partial charge on any atom is 0.149 e. The summed E-state index contributed by atoms with van der Waals surface area (Å²) in [5.41, 5.74) is 5.69. The number of nitrogens with zero attached hydrogens (tertiary/aromatic N) is 4. The second kappa shape index (κ2) is 6.00. The number of nitrogen functional groups attached to an aromatic ring is 1.